The summed E-state index contributed by atoms with van der Waals surface area (Å²) in [6.45, 7) is 7.57. The van der Waals surface area contributed by atoms with Gasteiger partial charge in [-0.1, -0.05) is 42.8 Å². The number of carbonyl (C=O) groups is 2. The highest BCUT2D eigenvalue weighted by Crippen LogP contribution is 2.23. The second-order valence-corrected chi connectivity index (χ2v) is 6.99. The molecule has 0 bridgehead atoms. The molecule has 6 heteroatoms. The SMILES string of the molecule is Cc1ccc(Br)cc1NC(=O)NC(CC(=O)O)C(C)(C)C. The number of benzene rings is 1. The maximum Gasteiger partial charge on any atom is 0.319 e. The molecule has 0 fully saturated rings. The average molecular weight is 357 g/mol. The third-order valence-electron chi connectivity index (χ3n) is 3.18. The van der Waals surface area contributed by atoms with Gasteiger partial charge in [0.1, 0.15) is 0 Å². The van der Waals surface area contributed by atoms with Crippen LogP contribution in [0.15, 0.2) is 22.7 Å². The van der Waals surface area contributed by atoms with E-state index >= 15 is 0 Å². The van der Waals surface area contributed by atoms with Crippen LogP contribution in [0.3, 0.4) is 0 Å². The summed E-state index contributed by atoms with van der Waals surface area (Å²) in [5.41, 5.74) is 1.27. The Bertz CT molecular complexity index is 538. The Morgan fingerprint density at radius 3 is 2.48 bits per heavy atom. The highest BCUT2D eigenvalue weighted by molar-refractivity contribution is 9.10. The van der Waals surface area contributed by atoms with Crippen molar-refractivity contribution < 1.29 is 14.7 Å². The molecule has 0 aliphatic carbocycles. The highest BCUT2D eigenvalue weighted by Gasteiger charge is 2.28. The molecule has 21 heavy (non-hydrogen) atoms. The van der Waals surface area contributed by atoms with Gasteiger partial charge in [0, 0.05) is 16.2 Å². The van der Waals surface area contributed by atoms with Gasteiger partial charge in [0.2, 0.25) is 0 Å². The molecule has 1 rings (SSSR count). The Morgan fingerprint density at radius 1 is 1.33 bits per heavy atom. The summed E-state index contributed by atoms with van der Waals surface area (Å²) >= 11 is 3.35. The molecule has 1 unspecified atom stereocenters. The summed E-state index contributed by atoms with van der Waals surface area (Å²) in [6, 6.07) is 4.72. The quantitative estimate of drug-likeness (QED) is 0.768. The topological polar surface area (TPSA) is 78.4 Å². The monoisotopic (exact) mass is 356 g/mol. The minimum atomic E-state index is -0.936. The van der Waals surface area contributed by atoms with E-state index < -0.39 is 18.0 Å². The van der Waals surface area contributed by atoms with Gasteiger partial charge in [0.05, 0.1) is 6.42 Å². The molecule has 5 nitrogen and oxygen atoms in total. The van der Waals surface area contributed by atoms with E-state index in [1.165, 1.54) is 0 Å². The van der Waals surface area contributed by atoms with Gasteiger partial charge in [-0.05, 0) is 30.0 Å². The number of nitrogens with one attached hydrogen (secondary N) is 2. The first-order chi connectivity index (χ1) is 9.59. The lowest BCUT2D eigenvalue weighted by Crippen LogP contribution is -2.46. The van der Waals surface area contributed by atoms with Gasteiger partial charge in [0.25, 0.3) is 0 Å². The van der Waals surface area contributed by atoms with Crippen LogP contribution in [0.25, 0.3) is 0 Å². The molecule has 1 aromatic rings. The normalized spacial score (nSPS) is 12.6. The van der Waals surface area contributed by atoms with Crippen LogP contribution in [-0.2, 0) is 4.79 Å². The van der Waals surface area contributed by atoms with E-state index in [2.05, 4.69) is 26.6 Å². The van der Waals surface area contributed by atoms with E-state index in [4.69, 9.17) is 5.11 Å². The van der Waals surface area contributed by atoms with Crippen LogP contribution >= 0.6 is 15.9 Å². The lowest BCUT2D eigenvalue weighted by atomic mass is 9.85. The number of carboxylic acid groups (broad SMARTS) is 1. The number of carbonyl (C=O) groups excluding carboxylic acids is 1. The van der Waals surface area contributed by atoms with Gasteiger partial charge >= 0.3 is 12.0 Å². The summed E-state index contributed by atoms with van der Waals surface area (Å²) in [7, 11) is 0. The van der Waals surface area contributed by atoms with Gasteiger partial charge in [-0.15, -0.1) is 0 Å². The molecule has 0 aliphatic heterocycles. The number of urea groups is 1. The Hall–Kier alpha value is -1.56. The van der Waals surface area contributed by atoms with Crippen molar-refractivity contribution in [2.75, 3.05) is 5.32 Å². The maximum atomic E-state index is 12.1. The number of aliphatic carboxylic acids is 1. The van der Waals surface area contributed by atoms with Crippen LogP contribution < -0.4 is 10.6 Å². The van der Waals surface area contributed by atoms with Gasteiger partial charge in [-0.25, -0.2) is 4.79 Å². The molecule has 2 amide bonds. The van der Waals surface area contributed by atoms with Crippen molar-refractivity contribution in [2.45, 2.75) is 40.2 Å². The predicted molar refractivity (Wildman–Crippen MR) is 86.5 cm³/mol. The summed E-state index contributed by atoms with van der Waals surface area (Å²) in [5, 5.41) is 14.4. The van der Waals surface area contributed by atoms with Crippen molar-refractivity contribution in [2.24, 2.45) is 5.41 Å². The molecule has 3 N–H and O–H groups in total. The fraction of sp³-hybridized carbons (Fsp3) is 0.467. The fourth-order valence-corrected chi connectivity index (χ4v) is 2.15. The number of anilines is 1. The van der Waals surface area contributed by atoms with E-state index in [9.17, 15) is 9.59 Å². The smallest absolute Gasteiger partial charge is 0.319 e. The zero-order chi connectivity index (χ0) is 16.2. The number of carboxylic acids is 1. The van der Waals surface area contributed by atoms with E-state index in [0.29, 0.717) is 5.69 Å². The summed E-state index contributed by atoms with van der Waals surface area (Å²) in [5.74, 6) is -0.936. The zero-order valence-corrected chi connectivity index (χ0v) is 14.2. The number of halogens is 1. The van der Waals surface area contributed by atoms with Crippen LogP contribution in [0.5, 0.6) is 0 Å². The third-order valence-corrected chi connectivity index (χ3v) is 3.67. The van der Waals surface area contributed by atoms with Crippen LogP contribution in [0.1, 0.15) is 32.8 Å². The van der Waals surface area contributed by atoms with E-state index in [1.54, 1.807) is 6.07 Å². The van der Waals surface area contributed by atoms with Crippen molar-refractivity contribution >= 4 is 33.6 Å². The molecule has 116 valence electrons. The van der Waals surface area contributed by atoms with E-state index in [1.807, 2.05) is 39.8 Å². The Labute approximate surface area is 133 Å². The summed E-state index contributed by atoms with van der Waals surface area (Å²) in [4.78, 5) is 23.0. The van der Waals surface area contributed by atoms with Crippen molar-refractivity contribution in [1.82, 2.24) is 5.32 Å². The molecular weight excluding hydrogens is 336 g/mol. The first-order valence-corrected chi connectivity index (χ1v) is 7.44. The first-order valence-electron chi connectivity index (χ1n) is 6.65. The molecule has 0 heterocycles. The Morgan fingerprint density at radius 2 is 1.95 bits per heavy atom. The van der Waals surface area contributed by atoms with Gasteiger partial charge in [0.15, 0.2) is 0 Å². The van der Waals surface area contributed by atoms with Crippen LogP contribution in [0.2, 0.25) is 0 Å². The number of aryl methyl sites for hydroxylation is 1. The number of amides is 2. The molecule has 1 atom stereocenters. The molecule has 1 aromatic carbocycles. The molecule has 0 saturated heterocycles. The van der Waals surface area contributed by atoms with Crippen LogP contribution in [-0.4, -0.2) is 23.1 Å². The second-order valence-electron chi connectivity index (χ2n) is 6.07. The lowest BCUT2D eigenvalue weighted by molar-refractivity contribution is -0.138. The second kappa shape index (κ2) is 6.93. The van der Waals surface area contributed by atoms with Gasteiger partial charge < -0.3 is 15.7 Å². The van der Waals surface area contributed by atoms with E-state index in [-0.39, 0.29) is 11.8 Å². The predicted octanol–water partition coefficient (Wildman–Crippen LogP) is 3.77. The highest BCUT2D eigenvalue weighted by atomic mass is 79.9. The molecule has 0 spiro atoms. The molecule has 0 aliphatic rings. The molecule has 0 saturated carbocycles. The van der Waals surface area contributed by atoms with Crippen molar-refractivity contribution in [3.63, 3.8) is 0 Å². The van der Waals surface area contributed by atoms with Crippen molar-refractivity contribution in [3.05, 3.63) is 28.2 Å². The van der Waals surface area contributed by atoms with E-state index in [0.717, 1.165) is 10.0 Å². The largest absolute Gasteiger partial charge is 0.481 e. The number of hydrogen-bond acceptors (Lipinski definition) is 2. The minimum absolute atomic E-state index is 0.117. The number of hydrogen-bond donors (Lipinski definition) is 3. The summed E-state index contributed by atoms with van der Waals surface area (Å²) in [6.07, 6.45) is -0.117. The van der Waals surface area contributed by atoms with Gasteiger partial charge in [-0.2, -0.15) is 0 Å². The maximum absolute atomic E-state index is 12.1. The fourth-order valence-electron chi connectivity index (χ4n) is 1.79. The molecular formula is C15H21BrN2O3. The molecule has 0 radical (unpaired) electrons. The van der Waals surface area contributed by atoms with Crippen molar-refractivity contribution in [1.29, 1.82) is 0 Å². The van der Waals surface area contributed by atoms with Crippen LogP contribution in [0, 0.1) is 12.3 Å². The minimum Gasteiger partial charge on any atom is -0.481 e. The standard InChI is InChI=1S/C15H21BrN2O3/c1-9-5-6-10(16)7-11(9)17-14(21)18-12(8-13(19)20)15(2,3)4/h5-7,12H,8H2,1-4H3,(H,19,20)(H2,17,18,21). The summed E-state index contributed by atoms with van der Waals surface area (Å²) < 4.78 is 0.862. The third kappa shape index (κ3) is 5.75. The lowest BCUT2D eigenvalue weighted by Gasteiger charge is -2.30. The van der Waals surface area contributed by atoms with Gasteiger partial charge in [-0.3, -0.25) is 4.79 Å². The number of rotatable bonds is 4. The first kappa shape index (κ1) is 17.5. The molecule has 0 aromatic heterocycles. The Kier molecular flexibility index (Phi) is 5.78. The van der Waals surface area contributed by atoms with Crippen molar-refractivity contribution in [3.8, 4) is 0 Å². The average Bonchev–Trinajstić information content (AvgIpc) is 2.31. The van der Waals surface area contributed by atoms with Crippen LogP contribution in [0.4, 0.5) is 10.5 Å². The zero-order valence-electron chi connectivity index (χ0n) is 12.7. The Balaban J connectivity index is 2.78.